The van der Waals surface area contributed by atoms with Gasteiger partial charge in [-0.2, -0.15) is 0 Å². The summed E-state index contributed by atoms with van der Waals surface area (Å²) in [5.74, 6) is 0.743. The third-order valence-corrected chi connectivity index (χ3v) is 5.56. The molecule has 20 heavy (non-hydrogen) atoms. The van der Waals surface area contributed by atoms with Crippen molar-refractivity contribution >= 4 is 38.5 Å². The molecule has 2 aromatic rings. The first-order valence-corrected chi connectivity index (χ1v) is 8.75. The van der Waals surface area contributed by atoms with Gasteiger partial charge in [-0.3, -0.25) is 0 Å². The molecule has 104 valence electrons. The summed E-state index contributed by atoms with van der Waals surface area (Å²) in [7, 11) is 0. The Morgan fingerprint density at radius 1 is 1.10 bits per heavy atom. The maximum Gasteiger partial charge on any atom is 0.105 e. The smallest absolute Gasteiger partial charge is 0.105 e. The lowest BCUT2D eigenvalue weighted by atomic mass is 9.80. The molecule has 0 spiro atoms. The lowest BCUT2D eigenvalue weighted by Gasteiger charge is -2.26. The van der Waals surface area contributed by atoms with E-state index >= 15 is 0 Å². The average Bonchev–Trinajstić information content (AvgIpc) is 2.40. The van der Waals surface area contributed by atoms with Gasteiger partial charge in [-0.05, 0) is 76.2 Å². The van der Waals surface area contributed by atoms with Gasteiger partial charge in [0.2, 0.25) is 0 Å². The number of aliphatic hydroxyl groups excluding tert-OH is 1. The Hall–Kier alpha value is -0.390. The second-order valence-corrected chi connectivity index (χ2v) is 7.44. The van der Waals surface area contributed by atoms with Crippen LogP contribution in [0.5, 0.6) is 0 Å². The summed E-state index contributed by atoms with van der Waals surface area (Å²) in [5.41, 5.74) is 3.33. The second kappa shape index (κ2) is 6.16. The SMILES string of the molecule is OC(c1ccc(C2CCC2)cc1)c1cc(Br)ccc1I. The number of rotatable bonds is 3. The summed E-state index contributed by atoms with van der Waals surface area (Å²) in [6.45, 7) is 0. The Kier molecular flexibility index (Phi) is 4.48. The summed E-state index contributed by atoms with van der Waals surface area (Å²) in [4.78, 5) is 0. The highest BCUT2D eigenvalue weighted by Gasteiger charge is 2.20. The van der Waals surface area contributed by atoms with E-state index in [1.54, 1.807) is 0 Å². The third-order valence-electron chi connectivity index (χ3n) is 4.08. The summed E-state index contributed by atoms with van der Waals surface area (Å²) in [6.07, 6.45) is 3.41. The number of halogens is 2. The van der Waals surface area contributed by atoms with Gasteiger partial charge in [0.25, 0.3) is 0 Å². The van der Waals surface area contributed by atoms with E-state index in [-0.39, 0.29) is 0 Å². The van der Waals surface area contributed by atoms with Crippen molar-refractivity contribution in [1.29, 1.82) is 0 Å². The monoisotopic (exact) mass is 442 g/mol. The minimum Gasteiger partial charge on any atom is -0.384 e. The average molecular weight is 443 g/mol. The van der Waals surface area contributed by atoms with Crippen LogP contribution in [0, 0.1) is 3.57 Å². The topological polar surface area (TPSA) is 20.2 Å². The van der Waals surface area contributed by atoms with Crippen LogP contribution in [0.4, 0.5) is 0 Å². The third kappa shape index (κ3) is 2.95. The molecule has 0 aliphatic heterocycles. The van der Waals surface area contributed by atoms with Crippen LogP contribution < -0.4 is 0 Å². The van der Waals surface area contributed by atoms with E-state index < -0.39 is 6.10 Å². The second-order valence-electron chi connectivity index (χ2n) is 5.36. The van der Waals surface area contributed by atoms with Crippen molar-refractivity contribution in [2.24, 2.45) is 0 Å². The number of aliphatic hydroxyl groups is 1. The highest BCUT2D eigenvalue weighted by atomic mass is 127. The Balaban J connectivity index is 1.85. The van der Waals surface area contributed by atoms with Crippen LogP contribution in [-0.2, 0) is 0 Å². The molecule has 3 heteroatoms. The summed E-state index contributed by atoms with van der Waals surface area (Å²) in [6, 6.07) is 14.5. The first-order chi connectivity index (χ1) is 9.65. The van der Waals surface area contributed by atoms with Crippen molar-refractivity contribution in [2.45, 2.75) is 31.3 Å². The fourth-order valence-corrected chi connectivity index (χ4v) is 3.61. The van der Waals surface area contributed by atoms with Gasteiger partial charge in [0, 0.05) is 8.04 Å². The maximum absolute atomic E-state index is 10.6. The predicted octanol–water partition coefficient (Wildman–Crippen LogP) is 5.40. The highest BCUT2D eigenvalue weighted by Crippen LogP contribution is 2.37. The van der Waals surface area contributed by atoms with Gasteiger partial charge in [0.1, 0.15) is 6.10 Å². The zero-order valence-corrected chi connectivity index (χ0v) is 14.8. The quantitative estimate of drug-likeness (QED) is 0.630. The summed E-state index contributed by atoms with van der Waals surface area (Å²) < 4.78 is 2.08. The van der Waals surface area contributed by atoms with Crippen molar-refractivity contribution in [3.63, 3.8) is 0 Å². The van der Waals surface area contributed by atoms with Crippen LogP contribution in [0.25, 0.3) is 0 Å². The number of hydrogen-bond donors (Lipinski definition) is 1. The van der Waals surface area contributed by atoms with Gasteiger partial charge < -0.3 is 5.11 Å². The van der Waals surface area contributed by atoms with Crippen molar-refractivity contribution in [3.8, 4) is 0 Å². The van der Waals surface area contributed by atoms with Crippen LogP contribution in [0.3, 0.4) is 0 Å². The minimum absolute atomic E-state index is 0.560. The van der Waals surface area contributed by atoms with E-state index in [1.165, 1.54) is 24.8 Å². The van der Waals surface area contributed by atoms with E-state index in [0.717, 1.165) is 25.1 Å². The molecule has 0 radical (unpaired) electrons. The molecule has 0 bridgehead atoms. The van der Waals surface area contributed by atoms with Gasteiger partial charge >= 0.3 is 0 Å². The largest absolute Gasteiger partial charge is 0.384 e. The molecule has 1 aliphatic carbocycles. The first-order valence-electron chi connectivity index (χ1n) is 6.88. The van der Waals surface area contributed by atoms with Crippen molar-refractivity contribution in [1.82, 2.24) is 0 Å². The molecular formula is C17H16BrIO. The van der Waals surface area contributed by atoms with Crippen molar-refractivity contribution in [2.75, 3.05) is 0 Å². The molecule has 1 atom stereocenters. The fraction of sp³-hybridized carbons (Fsp3) is 0.294. The van der Waals surface area contributed by atoms with E-state index in [2.05, 4.69) is 62.8 Å². The van der Waals surface area contributed by atoms with Crippen LogP contribution in [-0.4, -0.2) is 5.11 Å². The molecule has 0 amide bonds. The van der Waals surface area contributed by atoms with Crippen LogP contribution in [0.2, 0.25) is 0 Å². The van der Waals surface area contributed by atoms with E-state index in [4.69, 9.17) is 0 Å². The highest BCUT2D eigenvalue weighted by molar-refractivity contribution is 14.1. The van der Waals surface area contributed by atoms with Gasteiger partial charge in [-0.25, -0.2) is 0 Å². The van der Waals surface area contributed by atoms with E-state index in [0.29, 0.717) is 0 Å². The first kappa shape index (κ1) is 14.5. The van der Waals surface area contributed by atoms with E-state index in [9.17, 15) is 5.11 Å². The van der Waals surface area contributed by atoms with Gasteiger partial charge in [0.15, 0.2) is 0 Å². The Bertz CT molecular complexity index is 605. The number of benzene rings is 2. The lowest BCUT2D eigenvalue weighted by molar-refractivity contribution is 0.219. The fourth-order valence-electron chi connectivity index (χ4n) is 2.60. The van der Waals surface area contributed by atoms with Gasteiger partial charge in [-0.1, -0.05) is 46.6 Å². The number of hydrogen-bond acceptors (Lipinski definition) is 1. The zero-order chi connectivity index (χ0) is 14.1. The minimum atomic E-state index is -0.560. The van der Waals surface area contributed by atoms with Crippen LogP contribution in [0.15, 0.2) is 46.9 Å². The van der Waals surface area contributed by atoms with Crippen LogP contribution in [0.1, 0.15) is 48.0 Å². The molecular weight excluding hydrogens is 427 g/mol. The Morgan fingerprint density at radius 2 is 1.80 bits per heavy atom. The molecule has 1 nitrogen and oxygen atoms in total. The zero-order valence-electron chi connectivity index (χ0n) is 11.0. The normalized spacial score (nSPS) is 16.8. The molecule has 0 saturated heterocycles. The molecule has 1 N–H and O–H groups in total. The molecule has 0 heterocycles. The van der Waals surface area contributed by atoms with Gasteiger partial charge in [0.05, 0.1) is 0 Å². The van der Waals surface area contributed by atoms with E-state index in [1.807, 2.05) is 18.2 Å². The lowest BCUT2D eigenvalue weighted by Crippen LogP contribution is -2.09. The van der Waals surface area contributed by atoms with Gasteiger partial charge in [-0.15, -0.1) is 0 Å². The van der Waals surface area contributed by atoms with Crippen molar-refractivity contribution < 1.29 is 5.11 Å². The molecule has 1 saturated carbocycles. The summed E-state index contributed by atoms with van der Waals surface area (Å²) >= 11 is 5.74. The predicted molar refractivity (Wildman–Crippen MR) is 94.0 cm³/mol. The molecule has 3 rings (SSSR count). The Labute approximate surface area is 141 Å². The standard InChI is InChI=1S/C17H16BrIO/c18-14-8-9-16(19)15(10-14)17(20)13-6-4-12(5-7-13)11-2-1-3-11/h4-11,17,20H,1-3H2. The Morgan fingerprint density at radius 3 is 2.40 bits per heavy atom. The van der Waals surface area contributed by atoms with Crippen LogP contribution >= 0.6 is 38.5 Å². The molecule has 1 unspecified atom stereocenters. The summed E-state index contributed by atoms with van der Waals surface area (Å²) in [5, 5.41) is 10.6. The molecule has 0 aromatic heterocycles. The molecule has 2 aromatic carbocycles. The maximum atomic E-state index is 10.6. The van der Waals surface area contributed by atoms with Crippen molar-refractivity contribution in [3.05, 3.63) is 67.2 Å². The molecule has 1 fully saturated rings. The molecule has 1 aliphatic rings.